The van der Waals surface area contributed by atoms with E-state index >= 15 is 0 Å². The summed E-state index contributed by atoms with van der Waals surface area (Å²) in [4.78, 5) is 15.2. The molecule has 3 rings (SSSR count). The monoisotopic (exact) mass is 335 g/mol. The molecule has 2 aromatic carbocycles. The van der Waals surface area contributed by atoms with Crippen molar-refractivity contribution in [2.24, 2.45) is 5.10 Å². The lowest BCUT2D eigenvalue weighted by Crippen LogP contribution is -2.24. The van der Waals surface area contributed by atoms with Crippen molar-refractivity contribution in [2.45, 2.75) is 20.8 Å². The summed E-state index contributed by atoms with van der Waals surface area (Å²) in [6.45, 7) is 5.89. The van der Waals surface area contributed by atoms with Gasteiger partial charge in [-0.3, -0.25) is 4.79 Å². The molecule has 0 saturated heterocycles. The molecule has 0 saturated carbocycles. The number of nitrogens with one attached hydrogen (secondary N) is 2. The van der Waals surface area contributed by atoms with Gasteiger partial charge in [0.15, 0.2) is 6.61 Å². The zero-order valence-corrected chi connectivity index (χ0v) is 14.6. The molecule has 0 atom stereocenters. The van der Waals surface area contributed by atoms with Gasteiger partial charge >= 0.3 is 0 Å². The van der Waals surface area contributed by atoms with Gasteiger partial charge in [-0.15, -0.1) is 0 Å². The molecule has 0 unspecified atom stereocenters. The first-order chi connectivity index (χ1) is 12.0. The van der Waals surface area contributed by atoms with Crippen LogP contribution in [-0.2, 0) is 4.79 Å². The van der Waals surface area contributed by atoms with Crippen molar-refractivity contribution in [2.75, 3.05) is 6.61 Å². The molecule has 0 spiro atoms. The lowest BCUT2D eigenvalue weighted by Gasteiger charge is -2.07. The van der Waals surface area contributed by atoms with Crippen LogP contribution in [0.3, 0.4) is 0 Å². The number of hydrogen-bond donors (Lipinski definition) is 2. The second kappa shape index (κ2) is 7.21. The average Bonchev–Trinajstić information content (AvgIpc) is 2.88. The quantitative estimate of drug-likeness (QED) is 0.552. The van der Waals surface area contributed by atoms with Crippen LogP contribution in [0.25, 0.3) is 10.9 Å². The van der Waals surface area contributed by atoms with Crippen LogP contribution in [0, 0.1) is 20.8 Å². The van der Waals surface area contributed by atoms with E-state index < -0.39 is 0 Å². The molecule has 25 heavy (non-hydrogen) atoms. The van der Waals surface area contributed by atoms with Gasteiger partial charge in [0.05, 0.1) is 6.21 Å². The van der Waals surface area contributed by atoms with Crippen LogP contribution in [0.15, 0.2) is 47.6 Å². The molecule has 0 fully saturated rings. The molecule has 1 amide bonds. The number of para-hydroxylation sites is 1. The smallest absolute Gasteiger partial charge is 0.277 e. The predicted molar refractivity (Wildman–Crippen MR) is 100 cm³/mol. The number of carbonyl (C=O) groups is 1. The minimum absolute atomic E-state index is 0.0763. The first kappa shape index (κ1) is 16.8. The summed E-state index contributed by atoms with van der Waals surface area (Å²) in [6, 6.07) is 13.8. The van der Waals surface area contributed by atoms with E-state index in [1.54, 1.807) is 6.21 Å². The van der Waals surface area contributed by atoms with Crippen molar-refractivity contribution in [1.82, 2.24) is 10.4 Å². The number of hydrogen-bond acceptors (Lipinski definition) is 3. The number of aromatic amines is 1. The number of carbonyl (C=O) groups excluding carboxylic acids is 1. The van der Waals surface area contributed by atoms with Crippen LogP contribution in [0.1, 0.15) is 22.4 Å². The molecule has 5 heteroatoms. The molecule has 0 bridgehead atoms. The van der Waals surface area contributed by atoms with Gasteiger partial charge in [0, 0.05) is 22.2 Å². The van der Waals surface area contributed by atoms with Gasteiger partial charge in [-0.1, -0.05) is 24.3 Å². The second-order valence-electron chi connectivity index (χ2n) is 6.11. The predicted octanol–water partition coefficient (Wildman–Crippen LogP) is 3.62. The molecule has 1 aromatic heterocycles. The fourth-order valence-corrected chi connectivity index (χ4v) is 2.83. The van der Waals surface area contributed by atoms with Gasteiger partial charge in [-0.05, 0) is 50.1 Å². The van der Waals surface area contributed by atoms with E-state index in [1.807, 2.05) is 57.2 Å². The van der Waals surface area contributed by atoms with E-state index in [0.717, 1.165) is 33.3 Å². The number of hydrazone groups is 1. The Balaban J connectivity index is 1.60. The van der Waals surface area contributed by atoms with Gasteiger partial charge in [0.2, 0.25) is 0 Å². The zero-order chi connectivity index (χ0) is 17.8. The topological polar surface area (TPSA) is 66.5 Å². The Morgan fingerprint density at radius 2 is 1.88 bits per heavy atom. The molecule has 0 aliphatic heterocycles. The maximum atomic E-state index is 11.9. The number of nitrogens with zero attached hydrogens (tertiary/aromatic N) is 1. The van der Waals surface area contributed by atoms with E-state index in [9.17, 15) is 4.79 Å². The highest BCUT2D eigenvalue weighted by molar-refractivity contribution is 6.00. The molecular weight excluding hydrogens is 314 g/mol. The van der Waals surface area contributed by atoms with Gasteiger partial charge in [-0.25, -0.2) is 5.43 Å². The van der Waals surface area contributed by atoms with Crippen molar-refractivity contribution < 1.29 is 9.53 Å². The van der Waals surface area contributed by atoms with Gasteiger partial charge < -0.3 is 9.72 Å². The van der Waals surface area contributed by atoms with Crippen LogP contribution in [0.4, 0.5) is 0 Å². The van der Waals surface area contributed by atoms with E-state index in [1.165, 1.54) is 0 Å². The summed E-state index contributed by atoms with van der Waals surface area (Å²) in [6.07, 6.45) is 1.66. The number of rotatable bonds is 5. The number of ether oxygens (including phenoxy) is 1. The number of aromatic nitrogens is 1. The summed E-state index contributed by atoms with van der Waals surface area (Å²) >= 11 is 0. The van der Waals surface area contributed by atoms with Crippen LogP contribution >= 0.6 is 0 Å². The molecule has 128 valence electrons. The van der Waals surface area contributed by atoms with Crippen molar-refractivity contribution in [3.05, 3.63) is 64.8 Å². The maximum Gasteiger partial charge on any atom is 0.277 e. The Bertz CT molecular complexity index is 921. The average molecular weight is 335 g/mol. The van der Waals surface area contributed by atoms with Crippen molar-refractivity contribution in [1.29, 1.82) is 0 Å². The second-order valence-corrected chi connectivity index (χ2v) is 6.11. The summed E-state index contributed by atoms with van der Waals surface area (Å²) in [7, 11) is 0. The van der Waals surface area contributed by atoms with Crippen LogP contribution < -0.4 is 10.2 Å². The van der Waals surface area contributed by atoms with Gasteiger partial charge in [0.1, 0.15) is 5.75 Å². The molecule has 0 radical (unpaired) electrons. The molecule has 5 nitrogen and oxygen atoms in total. The molecular formula is C20H21N3O2. The lowest BCUT2D eigenvalue weighted by molar-refractivity contribution is -0.123. The Morgan fingerprint density at radius 1 is 1.16 bits per heavy atom. The molecule has 3 aromatic rings. The third kappa shape index (κ3) is 4.07. The lowest BCUT2D eigenvalue weighted by atomic mass is 10.1. The Kier molecular flexibility index (Phi) is 4.84. The fourth-order valence-electron chi connectivity index (χ4n) is 2.83. The maximum absolute atomic E-state index is 11.9. The highest BCUT2D eigenvalue weighted by atomic mass is 16.5. The summed E-state index contributed by atoms with van der Waals surface area (Å²) < 4.78 is 5.52. The largest absolute Gasteiger partial charge is 0.484 e. The van der Waals surface area contributed by atoms with E-state index in [2.05, 4.69) is 21.6 Å². The minimum Gasteiger partial charge on any atom is -0.484 e. The number of H-pyrrole nitrogens is 1. The summed E-state index contributed by atoms with van der Waals surface area (Å²) in [5, 5.41) is 5.12. The zero-order valence-electron chi connectivity index (χ0n) is 14.6. The number of benzene rings is 2. The summed E-state index contributed by atoms with van der Waals surface area (Å²) in [5.74, 6) is 0.386. The van der Waals surface area contributed by atoms with Crippen LogP contribution in [0.2, 0.25) is 0 Å². The third-order valence-electron chi connectivity index (χ3n) is 3.89. The highest BCUT2D eigenvalue weighted by Crippen LogP contribution is 2.19. The molecule has 2 N–H and O–H groups in total. The Labute approximate surface area is 146 Å². The fraction of sp³-hybridized carbons (Fsp3) is 0.200. The van der Waals surface area contributed by atoms with Crippen LogP contribution in [-0.4, -0.2) is 23.7 Å². The van der Waals surface area contributed by atoms with E-state index in [0.29, 0.717) is 5.75 Å². The summed E-state index contributed by atoms with van der Waals surface area (Å²) in [5.41, 5.74) is 7.72. The SMILES string of the molecule is Cc1cc(C)cc(OCC(=O)NN=Cc2c(C)[nH]c3ccccc23)c1. The van der Waals surface area contributed by atoms with Gasteiger partial charge in [0.25, 0.3) is 5.91 Å². The Hall–Kier alpha value is -3.08. The highest BCUT2D eigenvalue weighted by Gasteiger charge is 2.06. The standard InChI is InChI=1S/C20H21N3O2/c1-13-8-14(2)10-16(9-13)25-12-20(24)23-21-11-18-15(3)22-19-7-5-4-6-17(18)19/h4-11,22H,12H2,1-3H3,(H,23,24). The molecule has 1 heterocycles. The van der Waals surface area contributed by atoms with Crippen molar-refractivity contribution in [3.8, 4) is 5.75 Å². The molecule has 0 aliphatic rings. The number of fused-ring (bicyclic) bond motifs is 1. The third-order valence-corrected chi connectivity index (χ3v) is 3.89. The Morgan fingerprint density at radius 3 is 2.64 bits per heavy atom. The van der Waals surface area contributed by atoms with Crippen molar-refractivity contribution >= 4 is 23.0 Å². The first-order valence-electron chi connectivity index (χ1n) is 8.13. The first-order valence-corrected chi connectivity index (χ1v) is 8.13. The van der Waals surface area contributed by atoms with Crippen LogP contribution in [0.5, 0.6) is 5.75 Å². The van der Waals surface area contributed by atoms with Crippen molar-refractivity contribution in [3.63, 3.8) is 0 Å². The normalized spacial score (nSPS) is 11.2. The van der Waals surface area contributed by atoms with E-state index in [-0.39, 0.29) is 12.5 Å². The molecule has 0 aliphatic carbocycles. The van der Waals surface area contributed by atoms with Gasteiger partial charge in [-0.2, -0.15) is 5.10 Å². The number of amides is 1. The number of aryl methyl sites for hydroxylation is 3. The minimum atomic E-state index is -0.298. The van der Waals surface area contributed by atoms with E-state index in [4.69, 9.17) is 4.74 Å².